The average molecular weight is 511 g/mol. The Labute approximate surface area is 216 Å². The summed E-state index contributed by atoms with van der Waals surface area (Å²) in [6.45, 7) is 4.13. The lowest BCUT2D eigenvalue weighted by Crippen LogP contribution is -2.32. The molecule has 0 aliphatic rings. The molecule has 0 unspecified atom stereocenters. The number of para-hydroxylation sites is 1. The van der Waals surface area contributed by atoms with Crippen LogP contribution in [0.4, 0.5) is 11.4 Å². The number of thiazole rings is 1. The van der Waals surface area contributed by atoms with Gasteiger partial charge in [-0.25, -0.2) is 0 Å². The number of nitro groups is 1. The van der Waals surface area contributed by atoms with Crippen LogP contribution in [0, 0.1) is 21.4 Å². The highest BCUT2D eigenvalue weighted by atomic mass is 32.1. The molecule has 0 atom stereocenters. The van der Waals surface area contributed by atoms with Crippen molar-refractivity contribution in [2.75, 3.05) is 5.32 Å². The maximum atomic E-state index is 13.5. The number of nitrogens with one attached hydrogen (secondary N) is 1. The van der Waals surface area contributed by atoms with Gasteiger partial charge >= 0.3 is 0 Å². The molecule has 1 heterocycles. The molecule has 1 aromatic heterocycles. The molecule has 0 bridgehead atoms. The number of anilines is 1. The summed E-state index contributed by atoms with van der Waals surface area (Å²) in [6.07, 6.45) is 1.51. The number of hydrogen-bond acceptors (Lipinski definition) is 6. The van der Waals surface area contributed by atoms with Crippen molar-refractivity contribution in [3.05, 3.63) is 120 Å². The third-order valence-electron chi connectivity index (χ3n) is 5.60. The summed E-state index contributed by atoms with van der Waals surface area (Å²) >= 11 is 0.973. The molecule has 1 amide bonds. The van der Waals surface area contributed by atoms with Gasteiger partial charge in [0.15, 0.2) is 5.57 Å². The van der Waals surface area contributed by atoms with Crippen molar-refractivity contribution in [3.8, 4) is 11.8 Å². The second-order valence-corrected chi connectivity index (χ2v) is 9.49. The summed E-state index contributed by atoms with van der Waals surface area (Å²) in [5.41, 5.74) is 1.79. The average Bonchev–Trinajstić information content (AvgIpc) is 3.20. The van der Waals surface area contributed by atoms with E-state index in [-0.39, 0.29) is 20.5 Å². The number of nitro benzene ring substituents is 1. The summed E-state index contributed by atoms with van der Waals surface area (Å²) in [7, 11) is 0. The lowest BCUT2D eigenvalue weighted by atomic mass is 10.0. The number of carbonyl (C=O) groups is 1. The minimum absolute atomic E-state index is 0.110. The van der Waals surface area contributed by atoms with Gasteiger partial charge in [-0.15, -0.1) is 11.3 Å². The Morgan fingerprint density at radius 3 is 2.41 bits per heavy atom. The van der Waals surface area contributed by atoms with Gasteiger partial charge in [0.1, 0.15) is 10.7 Å². The number of non-ortho nitro benzene ring substituents is 1. The van der Waals surface area contributed by atoms with Crippen LogP contribution in [-0.2, 0) is 4.79 Å². The molecule has 0 aliphatic carbocycles. The molecule has 4 rings (SSSR count). The van der Waals surface area contributed by atoms with Crippen molar-refractivity contribution >= 4 is 40.3 Å². The Bertz CT molecular complexity index is 1700. The molecule has 1 N–H and O–H groups in total. The zero-order valence-electron chi connectivity index (χ0n) is 20.0. The van der Waals surface area contributed by atoms with Crippen LogP contribution in [0.2, 0.25) is 0 Å². The van der Waals surface area contributed by atoms with Crippen molar-refractivity contribution in [2.45, 2.75) is 19.8 Å². The van der Waals surface area contributed by atoms with Crippen LogP contribution in [0.3, 0.4) is 0 Å². The molecule has 0 saturated carbocycles. The third-order valence-corrected chi connectivity index (χ3v) is 6.70. The predicted molar refractivity (Wildman–Crippen MR) is 144 cm³/mol. The number of nitriles is 1. The van der Waals surface area contributed by atoms with Gasteiger partial charge in [0.05, 0.1) is 15.1 Å². The van der Waals surface area contributed by atoms with Crippen LogP contribution < -0.4 is 20.1 Å². The lowest BCUT2D eigenvalue weighted by molar-refractivity contribution is -0.384. The highest BCUT2D eigenvalue weighted by Crippen LogP contribution is 2.18. The summed E-state index contributed by atoms with van der Waals surface area (Å²) in [5, 5.41) is 23.9. The minimum Gasteiger partial charge on any atom is -0.321 e. The zero-order chi connectivity index (χ0) is 26.5. The topological polar surface area (TPSA) is 118 Å². The molecule has 4 aromatic rings. The summed E-state index contributed by atoms with van der Waals surface area (Å²) in [6, 6.07) is 23.9. The number of hydrogen-bond donors (Lipinski definition) is 1. The summed E-state index contributed by atoms with van der Waals surface area (Å²) in [4.78, 5) is 37.3. The number of benzene rings is 3. The fourth-order valence-corrected chi connectivity index (χ4v) is 4.78. The van der Waals surface area contributed by atoms with E-state index in [1.165, 1.54) is 28.8 Å². The molecule has 0 radical (unpaired) electrons. The van der Waals surface area contributed by atoms with E-state index in [1.807, 2.05) is 18.2 Å². The molecule has 8 nitrogen and oxygen atoms in total. The molecule has 9 heteroatoms. The number of amides is 1. The minimum atomic E-state index is -0.646. The molecule has 37 heavy (non-hydrogen) atoms. The Hall–Kier alpha value is -4.81. The first kappa shape index (κ1) is 25.3. The van der Waals surface area contributed by atoms with Gasteiger partial charge in [-0.3, -0.25) is 24.3 Å². The van der Waals surface area contributed by atoms with Gasteiger partial charge in [0.25, 0.3) is 17.2 Å². The van der Waals surface area contributed by atoms with E-state index in [0.717, 1.165) is 16.9 Å². The fourth-order valence-electron chi connectivity index (χ4n) is 3.68. The zero-order valence-corrected chi connectivity index (χ0v) is 20.9. The maximum absolute atomic E-state index is 13.5. The van der Waals surface area contributed by atoms with Gasteiger partial charge < -0.3 is 5.32 Å². The van der Waals surface area contributed by atoms with Crippen molar-refractivity contribution in [3.63, 3.8) is 0 Å². The van der Waals surface area contributed by atoms with Gasteiger partial charge in [0.2, 0.25) is 0 Å². The maximum Gasteiger partial charge on any atom is 0.273 e. The SMILES string of the molecule is CC(C)c1ccc(NC(=O)C(C#N)=c2sc(=Cc3cccc([N+](=O)[O-])c3)c(=O)n2-c2ccccc2)cc1. The first-order valence-electron chi connectivity index (χ1n) is 11.4. The largest absolute Gasteiger partial charge is 0.321 e. The highest BCUT2D eigenvalue weighted by Gasteiger charge is 2.17. The number of nitrogens with zero attached hydrogens (tertiary/aromatic N) is 3. The molecule has 184 valence electrons. The van der Waals surface area contributed by atoms with Gasteiger partial charge in [-0.1, -0.05) is 56.3 Å². The van der Waals surface area contributed by atoms with E-state index in [0.29, 0.717) is 22.9 Å². The summed E-state index contributed by atoms with van der Waals surface area (Å²) < 4.78 is 1.70. The predicted octanol–water partition coefficient (Wildman–Crippen LogP) is 4.07. The molecule has 0 aliphatic heterocycles. The van der Waals surface area contributed by atoms with Crippen molar-refractivity contribution in [1.82, 2.24) is 4.57 Å². The third kappa shape index (κ3) is 5.55. The lowest BCUT2D eigenvalue weighted by Gasteiger charge is -2.08. The molecule has 0 spiro atoms. The molecular formula is C28H22N4O4S. The van der Waals surface area contributed by atoms with Crippen LogP contribution in [0.25, 0.3) is 17.3 Å². The van der Waals surface area contributed by atoms with Crippen LogP contribution in [0.1, 0.15) is 30.9 Å². The normalized spacial score (nSPS) is 12.2. The number of aromatic nitrogens is 1. The first-order chi connectivity index (χ1) is 17.8. The smallest absolute Gasteiger partial charge is 0.273 e. The molecule has 0 saturated heterocycles. The Morgan fingerprint density at radius 1 is 1.08 bits per heavy atom. The second-order valence-electron chi connectivity index (χ2n) is 8.46. The van der Waals surface area contributed by atoms with E-state index in [9.17, 15) is 25.0 Å². The monoisotopic (exact) mass is 510 g/mol. The van der Waals surface area contributed by atoms with Gasteiger partial charge in [0, 0.05) is 17.8 Å². The standard InChI is InChI=1S/C28H22N4O4S/c1-18(2)20-11-13-21(14-12-20)30-26(33)24(17-29)28-31(22-8-4-3-5-9-22)27(34)25(37-28)16-19-7-6-10-23(15-19)32(35)36/h3-16,18H,1-2H3,(H,30,33). The molecule has 0 fully saturated rings. The number of rotatable bonds is 6. The quantitative estimate of drug-likeness (QED) is 0.310. The second kappa shape index (κ2) is 10.8. The van der Waals surface area contributed by atoms with Gasteiger partial charge in [-0.2, -0.15) is 5.26 Å². The van der Waals surface area contributed by atoms with Crippen LogP contribution in [0.15, 0.2) is 83.7 Å². The first-order valence-corrected chi connectivity index (χ1v) is 12.2. The van der Waals surface area contributed by atoms with E-state index < -0.39 is 16.4 Å². The Kier molecular flexibility index (Phi) is 7.41. The van der Waals surface area contributed by atoms with Crippen molar-refractivity contribution in [1.29, 1.82) is 5.26 Å². The van der Waals surface area contributed by atoms with E-state index in [1.54, 1.807) is 48.5 Å². The molecular weight excluding hydrogens is 488 g/mol. The van der Waals surface area contributed by atoms with Gasteiger partial charge in [-0.05, 0) is 47.4 Å². The van der Waals surface area contributed by atoms with Crippen LogP contribution in [-0.4, -0.2) is 15.4 Å². The highest BCUT2D eigenvalue weighted by molar-refractivity contribution is 7.07. The van der Waals surface area contributed by atoms with E-state index in [4.69, 9.17) is 0 Å². The Balaban J connectivity index is 1.89. The van der Waals surface area contributed by atoms with Crippen LogP contribution >= 0.6 is 11.3 Å². The fraction of sp³-hybridized carbons (Fsp3) is 0.107. The number of carbonyl (C=O) groups excluding carboxylic acids is 1. The molecule has 3 aromatic carbocycles. The Morgan fingerprint density at radius 2 is 1.78 bits per heavy atom. The van der Waals surface area contributed by atoms with Crippen molar-refractivity contribution in [2.24, 2.45) is 0 Å². The van der Waals surface area contributed by atoms with E-state index in [2.05, 4.69) is 19.2 Å². The van der Waals surface area contributed by atoms with Crippen LogP contribution in [0.5, 0.6) is 0 Å². The summed E-state index contributed by atoms with van der Waals surface area (Å²) in [5.74, 6) is -0.314. The van der Waals surface area contributed by atoms with E-state index >= 15 is 0 Å². The van der Waals surface area contributed by atoms with Crippen molar-refractivity contribution < 1.29 is 9.72 Å².